The van der Waals surface area contributed by atoms with Crippen molar-refractivity contribution in [3.05, 3.63) is 340 Å². The second kappa shape index (κ2) is 21.4. The van der Waals surface area contributed by atoms with Crippen molar-refractivity contribution in [3.8, 4) is 44.5 Å². The minimum absolute atomic E-state index is 0.889. The average molecular weight is 1160 g/mol. The van der Waals surface area contributed by atoms with Crippen molar-refractivity contribution in [2.75, 3.05) is 9.80 Å². The highest BCUT2D eigenvalue weighted by Gasteiger charge is 2.22. The Kier molecular flexibility index (Phi) is 12.2. The molecule has 0 fully saturated rings. The SMILES string of the molecule is c1ccc(-c2ccc3c(ccc4cc(N(c5ccc(-c6ccc7c(ccc8ccccc87)c6)cc5)c5cccc(-c6cccc(N(c7ccc(-c8cc9ccccc9c9c8oc8ccccc89)cc7)c7cc8ccccc8c8ccccc78)c6)c5)ccc43)c2)cc1. The largest absolute Gasteiger partial charge is 0.455 e. The Bertz CT molecular complexity index is 5900. The zero-order chi connectivity index (χ0) is 59.9. The Morgan fingerprint density at radius 2 is 0.604 bits per heavy atom. The van der Waals surface area contributed by atoms with Crippen LogP contribution in [0.5, 0.6) is 0 Å². The predicted octanol–water partition coefficient (Wildman–Crippen LogP) is 25.3. The van der Waals surface area contributed by atoms with Gasteiger partial charge in [0.25, 0.3) is 0 Å². The van der Waals surface area contributed by atoms with Crippen LogP contribution < -0.4 is 9.80 Å². The first kappa shape index (κ1) is 52.1. The maximum atomic E-state index is 6.76. The van der Waals surface area contributed by atoms with Crippen LogP contribution in [0, 0.1) is 0 Å². The molecule has 0 amide bonds. The van der Waals surface area contributed by atoms with Crippen molar-refractivity contribution >= 4 is 131 Å². The molecule has 18 aromatic rings. The molecule has 1 aromatic heterocycles. The van der Waals surface area contributed by atoms with Crippen molar-refractivity contribution in [1.82, 2.24) is 0 Å². The topological polar surface area (TPSA) is 19.6 Å². The van der Waals surface area contributed by atoms with Gasteiger partial charge in [0.1, 0.15) is 11.2 Å². The minimum Gasteiger partial charge on any atom is -0.455 e. The van der Waals surface area contributed by atoms with Gasteiger partial charge in [-0.15, -0.1) is 0 Å². The molecule has 0 saturated carbocycles. The first-order valence-corrected chi connectivity index (χ1v) is 31.3. The Labute approximate surface area is 526 Å². The van der Waals surface area contributed by atoms with E-state index in [0.717, 1.165) is 78.3 Å². The standard InChI is InChI=1S/C88H56N2O/c1-2-16-57(17-3-1)63-40-48-78-68(50-63)34-35-69-54-74(46-49-79(69)78)89(70-42-36-58(37-43-70)64-41-47-77-67(51-64)33-32-59-18-4-7-25-75(59)77)72-23-14-21-61(52-72)62-22-15-24-73(53-62)90(85-56-66-20-5-8-26-76(66)81-28-10-11-29-82(81)85)71-44-38-60(39-45-71)84-55-65-19-6-9-27-80(65)87-83-30-12-13-31-86(83)91-88(84)87/h1-56H. The second-order valence-electron chi connectivity index (χ2n) is 24.0. The van der Waals surface area contributed by atoms with E-state index in [2.05, 4.69) is 350 Å². The van der Waals surface area contributed by atoms with Crippen molar-refractivity contribution in [3.63, 3.8) is 0 Å². The summed E-state index contributed by atoms with van der Waals surface area (Å²) in [5, 5.41) is 19.3. The Hall–Kier alpha value is -12.0. The van der Waals surface area contributed by atoms with Crippen LogP contribution in [0.1, 0.15) is 0 Å². The normalized spacial score (nSPS) is 11.7. The van der Waals surface area contributed by atoms with Crippen LogP contribution in [0.25, 0.3) is 142 Å². The van der Waals surface area contributed by atoms with Crippen LogP contribution in [0.4, 0.5) is 34.1 Å². The molecule has 0 N–H and O–H groups in total. The summed E-state index contributed by atoms with van der Waals surface area (Å²) in [7, 11) is 0. The number of nitrogens with zero attached hydrogens (tertiary/aromatic N) is 2. The summed E-state index contributed by atoms with van der Waals surface area (Å²) < 4.78 is 6.76. The van der Waals surface area contributed by atoms with E-state index in [1.165, 1.54) is 97.7 Å². The molecule has 0 atom stereocenters. The molecular formula is C88H56N2O. The monoisotopic (exact) mass is 1160 g/mol. The fourth-order valence-electron chi connectivity index (χ4n) is 14.3. The van der Waals surface area contributed by atoms with Gasteiger partial charge in [0.15, 0.2) is 0 Å². The lowest BCUT2D eigenvalue weighted by atomic mass is 9.96. The highest BCUT2D eigenvalue weighted by molar-refractivity contribution is 6.23. The van der Waals surface area contributed by atoms with Crippen LogP contribution in [0.3, 0.4) is 0 Å². The summed E-state index contributed by atoms with van der Waals surface area (Å²) in [6.45, 7) is 0. The summed E-state index contributed by atoms with van der Waals surface area (Å²) in [5.74, 6) is 0. The summed E-state index contributed by atoms with van der Waals surface area (Å²) >= 11 is 0. The zero-order valence-corrected chi connectivity index (χ0v) is 49.6. The van der Waals surface area contributed by atoms with Gasteiger partial charge in [-0.25, -0.2) is 0 Å². The lowest BCUT2D eigenvalue weighted by Crippen LogP contribution is -2.11. The number of hydrogen-bond donors (Lipinski definition) is 0. The number of anilines is 6. The molecule has 0 unspecified atom stereocenters. The highest BCUT2D eigenvalue weighted by atomic mass is 16.3. The van der Waals surface area contributed by atoms with E-state index in [-0.39, 0.29) is 0 Å². The first-order valence-electron chi connectivity index (χ1n) is 31.3. The number of hydrogen-bond acceptors (Lipinski definition) is 3. The molecule has 0 aliphatic heterocycles. The van der Waals surface area contributed by atoms with Crippen molar-refractivity contribution in [1.29, 1.82) is 0 Å². The summed E-state index contributed by atoms with van der Waals surface area (Å²) in [6, 6.07) is 125. The van der Waals surface area contributed by atoms with E-state index in [9.17, 15) is 0 Å². The van der Waals surface area contributed by atoms with Gasteiger partial charge in [-0.1, -0.05) is 249 Å². The van der Waals surface area contributed by atoms with Crippen molar-refractivity contribution < 1.29 is 4.42 Å². The van der Waals surface area contributed by atoms with Crippen molar-refractivity contribution in [2.24, 2.45) is 0 Å². The van der Waals surface area contributed by atoms with Gasteiger partial charge < -0.3 is 14.2 Å². The molecule has 18 rings (SSSR count). The van der Waals surface area contributed by atoms with Gasteiger partial charge in [0.2, 0.25) is 0 Å². The van der Waals surface area contributed by atoms with Gasteiger partial charge >= 0.3 is 0 Å². The summed E-state index contributed by atoms with van der Waals surface area (Å²) in [6.07, 6.45) is 0. The Balaban J connectivity index is 0.761. The van der Waals surface area contributed by atoms with E-state index in [0.29, 0.717) is 0 Å². The van der Waals surface area contributed by atoms with Gasteiger partial charge in [0.05, 0.1) is 5.69 Å². The fraction of sp³-hybridized carbons (Fsp3) is 0. The third kappa shape index (κ3) is 8.97. The molecule has 0 saturated heterocycles. The van der Waals surface area contributed by atoms with E-state index in [4.69, 9.17) is 4.42 Å². The molecule has 0 aliphatic rings. The molecule has 3 heteroatoms. The maximum Gasteiger partial charge on any atom is 0.143 e. The number of para-hydroxylation sites is 1. The quantitative estimate of drug-likeness (QED) is 0.127. The second-order valence-corrected chi connectivity index (χ2v) is 24.0. The zero-order valence-electron chi connectivity index (χ0n) is 49.6. The van der Waals surface area contributed by atoms with Crippen LogP contribution in [0.15, 0.2) is 344 Å². The third-order valence-corrected chi connectivity index (χ3v) is 18.7. The number of fused-ring (bicyclic) bond motifs is 14. The predicted molar refractivity (Wildman–Crippen MR) is 387 cm³/mol. The van der Waals surface area contributed by atoms with E-state index in [1.807, 2.05) is 0 Å². The average Bonchev–Trinajstić information content (AvgIpc) is 1.60. The number of rotatable bonds is 10. The molecule has 1 heterocycles. The molecule has 17 aromatic carbocycles. The first-order chi connectivity index (χ1) is 45.1. The van der Waals surface area contributed by atoms with E-state index in [1.54, 1.807) is 0 Å². The molecule has 0 aliphatic carbocycles. The van der Waals surface area contributed by atoms with Crippen LogP contribution in [0.2, 0.25) is 0 Å². The lowest BCUT2D eigenvalue weighted by Gasteiger charge is -2.28. The molecule has 0 spiro atoms. The molecule has 424 valence electrons. The third-order valence-electron chi connectivity index (χ3n) is 18.7. The molecule has 0 radical (unpaired) electrons. The molecule has 91 heavy (non-hydrogen) atoms. The van der Waals surface area contributed by atoms with Gasteiger partial charge in [-0.2, -0.15) is 0 Å². The van der Waals surface area contributed by atoms with Crippen molar-refractivity contribution in [2.45, 2.75) is 0 Å². The summed E-state index contributed by atoms with van der Waals surface area (Å²) in [4.78, 5) is 4.85. The molecule has 3 nitrogen and oxygen atoms in total. The smallest absolute Gasteiger partial charge is 0.143 e. The lowest BCUT2D eigenvalue weighted by molar-refractivity contribution is 0.670. The van der Waals surface area contributed by atoms with E-state index >= 15 is 0 Å². The van der Waals surface area contributed by atoms with Crippen LogP contribution >= 0.6 is 0 Å². The van der Waals surface area contributed by atoms with E-state index < -0.39 is 0 Å². The Morgan fingerprint density at radius 1 is 0.198 bits per heavy atom. The highest BCUT2D eigenvalue weighted by Crippen LogP contribution is 2.47. The van der Waals surface area contributed by atoms with Crippen LogP contribution in [-0.4, -0.2) is 0 Å². The van der Waals surface area contributed by atoms with Gasteiger partial charge in [-0.3, -0.25) is 0 Å². The fourth-order valence-corrected chi connectivity index (χ4v) is 14.3. The number of furan rings is 1. The maximum absolute atomic E-state index is 6.76. The van der Waals surface area contributed by atoms with Gasteiger partial charge in [-0.05, 0) is 200 Å². The number of benzene rings is 17. The summed E-state index contributed by atoms with van der Waals surface area (Å²) in [5.41, 5.74) is 17.3. The Morgan fingerprint density at radius 3 is 1.27 bits per heavy atom. The molecular weight excluding hydrogens is 1100 g/mol. The van der Waals surface area contributed by atoms with Gasteiger partial charge in [0, 0.05) is 50.2 Å². The van der Waals surface area contributed by atoms with Crippen LogP contribution in [-0.2, 0) is 0 Å². The minimum atomic E-state index is 0.889. The molecule has 0 bridgehead atoms.